The first-order valence-corrected chi connectivity index (χ1v) is 6.00. The summed E-state index contributed by atoms with van der Waals surface area (Å²) < 4.78 is 5.91. The van der Waals surface area contributed by atoms with Crippen LogP contribution in [-0.4, -0.2) is 45.7 Å². The van der Waals surface area contributed by atoms with Crippen molar-refractivity contribution in [2.75, 3.05) is 20.3 Å². The first-order chi connectivity index (χ1) is 6.21. The molecule has 0 spiro atoms. The number of ether oxygens (including phenoxy) is 1. The summed E-state index contributed by atoms with van der Waals surface area (Å²) in [4.78, 5) is 4.54. The molecule has 0 aromatic rings. The summed E-state index contributed by atoms with van der Waals surface area (Å²) in [5.41, 5.74) is 0. The van der Waals surface area contributed by atoms with Gasteiger partial charge in [-0.15, -0.1) is 0 Å². The van der Waals surface area contributed by atoms with Crippen LogP contribution in [0.1, 0.15) is 19.3 Å². The predicted molar refractivity (Wildman–Crippen MR) is 56.1 cm³/mol. The van der Waals surface area contributed by atoms with E-state index < -0.39 is 0 Å². The van der Waals surface area contributed by atoms with Crippen LogP contribution in [0.2, 0.25) is 0 Å². The summed E-state index contributed by atoms with van der Waals surface area (Å²) in [7, 11) is 3.19. The van der Waals surface area contributed by atoms with Crippen molar-refractivity contribution in [3.63, 3.8) is 0 Å². The molecule has 1 saturated heterocycles. The van der Waals surface area contributed by atoms with E-state index in [-0.39, 0.29) is 5.35 Å². The molecule has 4 heteroatoms. The van der Waals surface area contributed by atoms with Gasteiger partial charge in [0.25, 0.3) is 0 Å². The minimum atomic E-state index is 0.0828. The van der Waals surface area contributed by atoms with Crippen LogP contribution in [0.4, 0.5) is 0 Å². The molecule has 0 bridgehead atoms. The van der Waals surface area contributed by atoms with Crippen LogP contribution in [0.3, 0.4) is 0 Å². The van der Waals surface area contributed by atoms with E-state index in [9.17, 15) is 0 Å². The molecular formula is C9H18N2OSi. The Morgan fingerprint density at radius 2 is 2.23 bits per heavy atom. The van der Waals surface area contributed by atoms with Crippen molar-refractivity contribution in [1.82, 2.24) is 9.80 Å². The van der Waals surface area contributed by atoms with Gasteiger partial charge in [0.2, 0.25) is 0 Å². The van der Waals surface area contributed by atoms with Crippen molar-refractivity contribution in [2.24, 2.45) is 0 Å². The fourth-order valence-electron chi connectivity index (χ4n) is 1.98. The second-order valence-corrected chi connectivity index (χ2v) is 5.71. The Bertz CT molecular complexity index is 214. The molecule has 1 atom stereocenters. The molecule has 0 amide bonds. The van der Waals surface area contributed by atoms with Crippen LogP contribution in [0.15, 0.2) is 12.4 Å². The Balaban J connectivity index is 2.02. The summed E-state index contributed by atoms with van der Waals surface area (Å²) in [6, 6.07) is 0. The summed E-state index contributed by atoms with van der Waals surface area (Å²) in [6.45, 7) is 1.93. The van der Waals surface area contributed by atoms with Gasteiger partial charge in [0.1, 0.15) is 5.35 Å². The fourth-order valence-corrected chi connectivity index (χ4v) is 2.83. The molecule has 0 aliphatic carbocycles. The summed E-state index contributed by atoms with van der Waals surface area (Å²) >= 11 is 0. The van der Waals surface area contributed by atoms with E-state index in [1.807, 2.05) is 0 Å². The molecule has 2 aliphatic rings. The normalized spacial score (nSPS) is 34.5. The van der Waals surface area contributed by atoms with Crippen molar-refractivity contribution >= 4 is 10.2 Å². The van der Waals surface area contributed by atoms with Gasteiger partial charge in [0.05, 0.1) is 16.9 Å². The molecule has 13 heavy (non-hydrogen) atoms. The molecular weight excluding hydrogens is 180 g/mol. The highest BCUT2D eigenvalue weighted by Crippen LogP contribution is 2.27. The zero-order valence-corrected chi connectivity index (χ0v) is 10.5. The molecule has 2 heterocycles. The minimum absolute atomic E-state index is 0.0828. The fraction of sp³-hybridized carbons (Fsp3) is 0.778. The third-order valence-electron chi connectivity index (χ3n) is 2.93. The molecule has 1 fully saturated rings. The lowest BCUT2D eigenvalue weighted by Gasteiger charge is -2.42. The molecule has 0 saturated carbocycles. The van der Waals surface area contributed by atoms with E-state index in [1.165, 1.54) is 19.3 Å². The molecule has 0 aromatic carbocycles. The number of hydrogen-bond donors (Lipinski definition) is 0. The lowest BCUT2D eigenvalue weighted by Crippen LogP contribution is -2.51. The Hall–Kier alpha value is -0.483. The van der Waals surface area contributed by atoms with Gasteiger partial charge in [-0.25, -0.2) is 0 Å². The molecule has 2 rings (SSSR count). The summed E-state index contributed by atoms with van der Waals surface area (Å²) in [6.07, 6.45) is 8.04. The van der Waals surface area contributed by atoms with E-state index in [4.69, 9.17) is 4.74 Å². The summed E-state index contributed by atoms with van der Waals surface area (Å²) in [5, 5.41) is 0.0828. The molecule has 3 nitrogen and oxygen atoms in total. The topological polar surface area (TPSA) is 15.7 Å². The van der Waals surface area contributed by atoms with Gasteiger partial charge >= 0.3 is 0 Å². The smallest absolute Gasteiger partial charge is 0.116 e. The van der Waals surface area contributed by atoms with Crippen molar-refractivity contribution in [3.8, 4) is 0 Å². The lowest BCUT2D eigenvalue weighted by molar-refractivity contribution is -0.105. The molecule has 1 unspecified atom stereocenters. The zero-order chi connectivity index (χ0) is 9.31. The molecule has 0 radical (unpaired) electrons. The maximum absolute atomic E-state index is 5.91. The maximum Gasteiger partial charge on any atom is 0.116 e. The van der Waals surface area contributed by atoms with Gasteiger partial charge in [0.15, 0.2) is 0 Å². The molecule has 74 valence electrons. The van der Waals surface area contributed by atoms with Gasteiger partial charge in [0, 0.05) is 26.1 Å². The van der Waals surface area contributed by atoms with E-state index in [2.05, 4.69) is 29.2 Å². The zero-order valence-electron chi connectivity index (χ0n) is 8.49. The number of rotatable bonds is 1. The number of nitrogens with zero attached hydrogens (tertiary/aromatic N) is 2. The average Bonchev–Trinajstić information content (AvgIpc) is 2.54. The quantitative estimate of drug-likeness (QED) is 0.547. The minimum Gasteiger partial charge on any atom is -0.362 e. The van der Waals surface area contributed by atoms with Crippen molar-refractivity contribution in [1.29, 1.82) is 0 Å². The van der Waals surface area contributed by atoms with Crippen molar-refractivity contribution < 1.29 is 4.74 Å². The molecule has 0 aromatic heterocycles. The Kier molecular flexibility index (Phi) is 2.34. The second kappa shape index (κ2) is 3.34. The van der Waals surface area contributed by atoms with Gasteiger partial charge < -0.3 is 14.5 Å². The van der Waals surface area contributed by atoms with Crippen molar-refractivity contribution in [2.45, 2.75) is 24.6 Å². The van der Waals surface area contributed by atoms with Crippen LogP contribution in [0.25, 0.3) is 0 Å². The van der Waals surface area contributed by atoms with Gasteiger partial charge in [-0.05, 0) is 19.3 Å². The Morgan fingerprint density at radius 3 is 2.77 bits per heavy atom. The third-order valence-corrected chi connectivity index (χ3v) is 4.30. The standard InChI is InChI=1S/C9H18N2OSi/c1-10-5-6-11(8-10)9(13)4-2-3-7-12-9/h5-6H,2-4,7-8H2,1,13H3. The summed E-state index contributed by atoms with van der Waals surface area (Å²) in [5.74, 6) is 0. The third kappa shape index (κ3) is 1.74. The highest BCUT2D eigenvalue weighted by Gasteiger charge is 2.34. The van der Waals surface area contributed by atoms with Crippen LogP contribution >= 0.6 is 0 Å². The van der Waals surface area contributed by atoms with E-state index >= 15 is 0 Å². The van der Waals surface area contributed by atoms with Crippen molar-refractivity contribution in [3.05, 3.63) is 12.4 Å². The highest BCUT2D eigenvalue weighted by atomic mass is 28.1. The maximum atomic E-state index is 5.91. The van der Waals surface area contributed by atoms with E-state index in [0.29, 0.717) is 0 Å². The van der Waals surface area contributed by atoms with Crippen LogP contribution in [0.5, 0.6) is 0 Å². The SMILES string of the molecule is CN1C=CN(C2([SiH3])CCCCO2)C1. The molecule has 0 N–H and O–H groups in total. The highest BCUT2D eigenvalue weighted by molar-refractivity contribution is 6.14. The first-order valence-electron chi connectivity index (χ1n) is 5.00. The number of hydrogen-bond acceptors (Lipinski definition) is 3. The van der Waals surface area contributed by atoms with Gasteiger partial charge in [-0.3, -0.25) is 0 Å². The van der Waals surface area contributed by atoms with Gasteiger partial charge in [-0.1, -0.05) is 0 Å². The van der Waals surface area contributed by atoms with E-state index in [1.54, 1.807) is 0 Å². The molecule has 2 aliphatic heterocycles. The largest absolute Gasteiger partial charge is 0.362 e. The van der Waals surface area contributed by atoms with Crippen LogP contribution in [-0.2, 0) is 4.74 Å². The predicted octanol–water partition coefficient (Wildman–Crippen LogP) is -0.118. The lowest BCUT2D eigenvalue weighted by atomic mass is 10.1. The Morgan fingerprint density at radius 1 is 1.38 bits per heavy atom. The second-order valence-electron chi connectivity index (χ2n) is 4.15. The first kappa shape index (κ1) is 9.09. The average molecular weight is 198 g/mol. The monoisotopic (exact) mass is 198 g/mol. The van der Waals surface area contributed by atoms with Crippen LogP contribution in [0, 0.1) is 0 Å². The van der Waals surface area contributed by atoms with Gasteiger partial charge in [-0.2, -0.15) is 0 Å². The van der Waals surface area contributed by atoms with Crippen LogP contribution < -0.4 is 0 Å². The Labute approximate surface area is 82.8 Å². The van der Waals surface area contributed by atoms with E-state index in [0.717, 1.165) is 23.5 Å².